The van der Waals surface area contributed by atoms with Gasteiger partial charge in [0, 0.05) is 12.4 Å². The lowest BCUT2D eigenvalue weighted by Gasteiger charge is -2.30. The molecule has 1 aliphatic rings. The minimum Gasteiger partial charge on any atom is -0.347 e. The molecular formula is C13H24N4. The third kappa shape index (κ3) is 3.54. The fourth-order valence-corrected chi connectivity index (χ4v) is 2.48. The Bertz CT molecular complexity index is 301. The van der Waals surface area contributed by atoms with E-state index in [9.17, 15) is 0 Å². The average molecular weight is 236 g/mol. The summed E-state index contributed by atoms with van der Waals surface area (Å²) >= 11 is 0. The van der Waals surface area contributed by atoms with Crippen molar-refractivity contribution in [2.45, 2.75) is 32.2 Å². The van der Waals surface area contributed by atoms with Gasteiger partial charge in [0.15, 0.2) is 0 Å². The zero-order chi connectivity index (χ0) is 12.1. The van der Waals surface area contributed by atoms with Gasteiger partial charge in [-0.05, 0) is 51.9 Å². The summed E-state index contributed by atoms with van der Waals surface area (Å²) in [4.78, 5) is 9.96. The van der Waals surface area contributed by atoms with Gasteiger partial charge >= 0.3 is 0 Å². The normalized spacial score (nSPS) is 20.6. The molecule has 1 saturated heterocycles. The van der Waals surface area contributed by atoms with Crippen LogP contribution in [0.15, 0.2) is 12.4 Å². The van der Waals surface area contributed by atoms with Gasteiger partial charge in [-0.1, -0.05) is 6.92 Å². The zero-order valence-corrected chi connectivity index (χ0v) is 10.9. The Balaban J connectivity index is 1.76. The van der Waals surface area contributed by atoms with Crippen LogP contribution in [-0.2, 0) is 0 Å². The smallest absolute Gasteiger partial charge is 0.123 e. The Kier molecular flexibility index (Phi) is 4.57. The molecule has 0 saturated carbocycles. The third-order valence-electron chi connectivity index (χ3n) is 3.75. The maximum absolute atomic E-state index is 4.34. The molecule has 0 spiro atoms. The van der Waals surface area contributed by atoms with Crippen LogP contribution in [0.2, 0.25) is 0 Å². The summed E-state index contributed by atoms with van der Waals surface area (Å²) < 4.78 is 0. The summed E-state index contributed by atoms with van der Waals surface area (Å²) in [7, 11) is 2.21. The van der Waals surface area contributed by atoms with Crippen molar-refractivity contribution < 1.29 is 0 Å². The predicted molar refractivity (Wildman–Crippen MR) is 69.8 cm³/mol. The first kappa shape index (κ1) is 12.6. The van der Waals surface area contributed by atoms with E-state index >= 15 is 0 Å². The third-order valence-corrected chi connectivity index (χ3v) is 3.75. The van der Waals surface area contributed by atoms with Crippen molar-refractivity contribution in [2.24, 2.45) is 5.92 Å². The maximum atomic E-state index is 4.34. The highest BCUT2D eigenvalue weighted by Gasteiger charge is 2.18. The Labute approximate surface area is 104 Å². The van der Waals surface area contributed by atoms with E-state index in [0.717, 1.165) is 24.7 Å². The minimum absolute atomic E-state index is 0.379. The second-order valence-corrected chi connectivity index (χ2v) is 5.09. The number of nitrogens with one attached hydrogen (secondary N) is 2. The van der Waals surface area contributed by atoms with E-state index in [1.54, 1.807) is 0 Å². The highest BCUT2D eigenvalue weighted by Crippen LogP contribution is 2.17. The van der Waals surface area contributed by atoms with E-state index < -0.39 is 0 Å². The largest absolute Gasteiger partial charge is 0.347 e. The van der Waals surface area contributed by atoms with Gasteiger partial charge in [0.2, 0.25) is 0 Å². The number of imidazole rings is 1. The van der Waals surface area contributed by atoms with E-state index in [2.05, 4.69) is 34.2 Å². The Hall–Kier alpha value is -0.870. The number of aromatic nitrogens is 2. The number of hydrogen-bond acceptors (Lipinski definition) is 3. The number of hydrogen-bond donors (Lipinski definition) is 2. The summed E-state index contributed by atoms with van der Waals surface area (Å²) in [6, 6.07) is 0.379. The van der Waals surface area contributed by atoms with Crippen LogP contribution in [0.3, 0.4) is 0 Å². The fourth-order valence-electron chi connectivity index (χ4n) is 2.48. The van der Waals surface area contributed by atoms with Gasteiger partial charge in [-0.25, -0.2) is 4.98 Å². The van der Waals surface area contributed by atoms with Gasteiger partial charge in [-0.2, -0.15) is 0 Å². The molecule has 1 aromatic heterocycles. The molecule has 1 aliphatic heterocycles. The molecule has 0 aliphatic carbocycles. The molecule has 1 aromatic rings. The summed E-state index contributed by atoms with van der Waals surface area (Å²) in [5.41, 5.74) is 0. The molecule has 4 nitrogen and oxygen atoms in total. The number of aromatic amines is 1. The van der Waals surface area contributed by atoms with Gasteiger partial charge in [-0.15, -0.1) is 0 Å². The van der Waals surface area contributed by atoms with Crippen LogP contribution in [0.5, 0.6) is 0 Å². The average Bonchev–Trinajstić information content (AvgIpc) is 2.86. The number of H-pyrrole nitrogens is 1. The van der Waals surface area contributed by atoms with Crippen LogP contribution >= 0.6 is 0 Å². The van der Waals surface area contributed by atoms with E-state index in [1.807, 2.05) is 12.4 Å². The second kappa shape index (κ2) is 6.17. The quantitative estimate of drug-likeness (QED) is 0.819. The van der Waals surface area contributed by atoms with Crippen molar-refractivity contribution in [3.8, 4) is 0 Å². The van der Waals surface area contributed by atoms with E-state index in [1.165, 1.54) is 25.9 Å². The van der Waals surface area contributed by atoms with Crippen LogP contribution < -0.4 is 5.32 Å². The fraction of sp³-hybridized carbons (Fsp3) is 0.769. The summed E-state index contributed by atoms with van der Waals surface area (Å²) in [6.45, 7) is 5.80. The Morgan fingerprint density at radius 3 is 2.88 bits per heavy atom. The van der Waals surface area contributed by atoms with Crippen molar-refractivity contribution >= 4 is 0 Å². The van der Waals surface area contributed by atoms with E-state index in [-0.39, 0.29) is 0 Å². The number of nitrogens with zero attached hydrogens (tertiary/aromatic N) is 2. The van der Waals surface area contributed by atoms with Gasteiger partial charge in [-0.3, -0.25) is 0 Å². The summed E-state index contributed by atoms with van der Waals surface area (Å²) in [5.74, 6) is 1.90. The minimum atomic E-state index is 0.379. The van der Waals surface area contributed by atoms with Gasteiger partial charge < -0.3 is 15.2 Å². The first-order valence-electron chi connectivity index (χ1n) is 6.70. The van der Waals surface area contributed by atoms with Crippen molar-refractivity contribution in [3.63, 3.8) is 0 Å². The lowest BCUT2D eigenvalue weighted by molar-refractivity contribution is 0.212. The molecule has 4 heteroatoms. The molecule has 2 heterocycles. The van der Waals surface area contributed by atoms with Crippen LogP contribution in [0.1, 0.15) is 38.1 Å². The Morgan fingerprint density at radius 2 is 2.29 bits per heavy atom. The summed E-state index contributed by atoms with van der Waals surface area (Å²) in [5, 5.41) is 3.64. The zero-order valence-electron chi connectivity index (χ0n) is 10.9. The number of likely N-dealkylation sites (tertiary alicyclic amines) is 1. The predicted octanol–water partition coefficient (Wildman–Crippen LogP) is 1.79. The van der Waals surface area contributed by atoms with Crippen molar-refractivity contribution in [3.05, 3.63) is 18.2 Å². The van der Waals surface area contributed by atoms with Crippen molar-refractivity contribution in [2.75, 3.05) is 26.7 Å². The lowest BCUT2D eigenvalue weighted by atomic mass is 9.97. The van der Waals surface area contributed by atoms with Gasteiger partial charge in [0.1, 0.15) is 5.82 Å². The van der Waals surface area contributed by atoms with E-state index in [4.69, 9.17) is 0 Å². The van der Waals surface area contributed by atoms with Gasteiger partial charge in [0.05, 0.1) is 6.04 Å². The Morgan fingerprint density at radius 1 is 1.53 bits per heavy atom. The molecular weight excluding hydrogens is 212 g/mol. The standard InChI is InChI=1S/C13H24N4/c1-3-12(13-14-6-7-15-13)16-10-11-4-8-17(2)9-5-11/h6-7,11-12,16H,3-5,8-10H2,1-2H3,(H,14,15). The molecule has 1 fully saturated rings. The second-order valence-electron chi connectivity index (χ2n) is 5.09. The van der Waals surface area contributed by atoms with E-state index in [0.29, 0.717) is 6.04 Å². The molecule has 96 valence electrons. The number of piperidine rings is 1. The highest BCUT2D eigenvalue weighted by molar-refractivity contribution is 4.95. The van der Waals surface area contributed by atoms with Crippen LogP contribution in [0.25, 0.3) is 0 Å². The molecule has 0 amide bonds. The SMILES string of the molecule is CCC(NCC1CCN(C)CC1)c1ncc[nH]1. The molecule has 0 aromatic carbocycles. The molecule has 17 heavy (non-hydrogen) atoms. The molecule has 0 bridgehead atoms. The molecule has 1 unspecified atom stereocenters. The van der Waals surface area contributed by atoms with Gasteiger partial charge in [0.25, 0.3) is 0 Å². The first-order chi connectivity index (χ1) is 8.29. The van der Waals surface area contributed by atoms with Crippen LogP contribution in [-0.4, -0.2) is 41.5 Å². The maximum Gasteiger partial charge on any atom is 0.123 e. The summed E-state index contributed by atoms with van der Waals surface area (Å²) in [6.07, 6.45) is 7.45. The topological polar surface area (TPSA) is 44.0 Å². The number of rotatable bonds is 5. The molecule has 1 atom stereocenters. The molecule has 2 rings (SSSR count). The highest BCUT2D eigenvalue weighted by atomic mass is 15.1. The van der Waals surface area contributed by atoms with Crippen LogP contribution in [0.4, 0.5) is 0 Å². The molecule has 0 radical (unpaired) electrons. The first-order valence-corrected chi connectivity index (χ1v) is 6.70. The van der Waals surface area contributed by atoms with Crippen molar-refractivity contribution in [1.82, 2.24) is 20.2 Å². The monoisotopic (exact) mass is 236 g/mol. The lowest BCUT2D eigenvalue weighted by Crippen LogP contribution is -2.36. The molecule has 2 N–H and O–H groups in total. The van der Waals surface area contributed by atoms with Crippen LogP contribution in [0, 0.1) is 5.92 Å². The van der Waals surface area contributed by atoms with Crippen molar-refractivity contribution in [1.29, 1.82) is 0 Å².